The first-order valence-electron chi connectivity index (χ1n) is 4.58. The van der Waals surface area contributed by atoms with Crippen molar-refractivity contribution in [3.8, 4) is 0 Å². The highest BCUT2D eigenvalue weighted by atomic mass is 16.4. The van der Waals surface area contributed by atoms with Gasteiger partial charge >= 0.3 is 5.97 Å². The average molecular weight is 201 g/mol. The number of aliphatic carboxylic acids is 1. The van der Waals surface area contributed by atoms with Gasteiger partial charge in [-0.1, -0.05) is 0 Å². The molecule has 6 nitrogen and oxygen atoms in total. The van der Waals surface area contributed by atoms with Crippen LogP contribution in [0.15, 0.2) is 0 Å². The minimum Gasteiger partial charge on any atom is -0.480 e. The van der Waals surface area contributed by atoms with E-state index in [2.05, 4.69) is 5.32 Å². The summed E-state index contributed by atoms with van der Waals surface area (Å²) < 4.78 is 0. The molecule has 1 aliphatic rings. The molecule has 0 saturated carbocycles. The molecule has 0 radical (unpaired) electrons. The van der Waals surface area contributed by atoms with Crippen LogP contribution in [-0.2, 0) is 9.59 Å². The van der Waals surface area contributed by atoms with Crippen molar-refractivity contribution in [2.24, 2.45) is 5.73 Å². The molecule has 0 aromatic heterocycles. The van der Waals surface area contributed by atoms with Crippen molar-refractivity contribution in [1.29, 1.82) is 0 Å². The SMILES string of the molecule is NC(CN1CCNCCC1=O)C(=O)O. The standard InChI is InChI=1S/C8H15N3O3/c9-6(8(13)14)5-11-4-3-10-2-1-7(11)12/h6,10H,1-5,9H2,(H,13,14). The zero-order chi connectivity index (χ0) is 10.6. The summed E-state index contributed by atoms with van der Waals surface area (Å²) in [6.07, 6.45) is 0.409. The Balaban J connectivity index is 2.48. The highest BCUT2D eigenvalue weighted by Crippen LogP contribution is 1.98. The summed E-state index contributed by atoms with van der Waals surface area (Å²) in [4.78, 5) is 23.4. The molecule has 1 amide bonds. The third kappa shape index (κ3) is 2.97. The van der Waals surface area contributed by atoms with Crippen LogP contribution in [0, 0.1) is 0 Å². The average Bonchev–Trinajstić information content (AvgIpc) is 2.32. The molecular weight excluding hydrogens is 186 g/mol. The van der Waals surface area contributed by atoms with E-state index in [0.717, 1.165) is 0 Å². The largest absolute Gasteiger partial charge is 0.480 e. The van der Waals surface area contributed by atoms with Crippen molar-refractivity contribution in [3.05, 3.63) is 0 Å². The summed E-state index contributed by atoms with van der Waals surface area (Å²) in [5, 5.41) is 11.6. The van der Waals surface area contributed by atoms with E-state index in [1.165, 1.54) is 4.90 Å². The second-order valence-corrected chi connectivity index (χ2v) is 3.28. The monoisotopic (exact) mass is 201 g/mol. The number of hydrogen-bond acceptors (Lipinski definition) is 4. The summed E-state index contributed by atoms with van der Waals surface area (Å²) in [6.45, 7) is 1.96. The number of nitrogens with zero attached hydrogens (tertiary/aromatic N) is 1. The van der Waals surface area contributed by atoms with Crippen LogP contribution in [0.2, 0.25) is 0 Å². The Hall–Kier alpha value is -1.14. The predicted molar refractivity (Wildman–Crippen MR) is 49.7 cm³/mol. The van der Waals surface area contributed by atoms with Crippen LogP contribution < -0.4 is 11.1 Å². The quantitative estimate of drug-likeness (QED) is 0.501. The maximum atomic E-state index is 11.4. The lowest BCUT2D eigenvalue weighted by Gasteiger charge is -2.21. The van der Waals surface area contributed by atoms with Crippen LogP contribution in [0.5, 0.6) is 0 Å². The van der Waals surface area contributed by atoms with Gasteiger partial charge in [0.1, 0.15) is 6.04 Å². The molecule has 1 atom stereocenters. The zero-order valence-corrected chi connectivity index (χ0v) is 7.90. The molecule has 1 rings (SSSR count). The van der Waals surface area contributed by atoms with E-state index < -0.39 is 12.0 Å². The van der Waals surface area contributed by atoms with Gasteiger partial charge in [0.05, 0.1) is 0 Å². The lowest BCUT2D eigenvalue weighted by molar-refractivity contribution is -0.140. The second-order valence-electron chi connectivity index (χ2n) is 3.28. The van der Waals surface area contributed by atoms with Crippen LogP contribution in [-0.4, -0.2) is 54.1 Å². The van der Waals surface area contributed by atoms with Gasteiger partial charge in [0.15, 0.2) is 0 Å². The Morgan fingerprint density at radius 3 is 3.00 bits per heavy atom. The van der Waals surface area contributed by atoms with Crippen molar-refractivity contribution in [1.82, 2.24) is 10.2 Å². The molecule has 0 spiro atoms. The number of nitrogens with one attached hydrogen (secondary N) is 1. The molecule has 1 heterocycles. The van der Waals surface area contributed by atoms with Gasteiger partial charge in [-0.05, 0) is 0 Å². The lowest BCUT2D eigenvalue weighted by Crippen LogP contribution is -2.45. The first-order chi connectivity index (χ1) is 6.61. The Morgan fingerprint density at radius 1 is 1.64 bits per heavy atom. The summed E-state index contributed by atoms with van der Waals surface area (Å²) in [6, 6.07) is -0.989. The lowest BCUT2D eigenvalue weighted by atomic mass is 10.2. The molecule has 0 aromatic rings. The first-order valence-corrected chi connectivity index (χ1v) is 4.58. The summed E-state index contributed by atoms with van der Waals surface area (Å²) in [7, 11) is 0. The number of carboxylic acids is 1. The Morgan fingerprint density at radius 2 is 2.36 bits per heavy atom. The van der Waals surface area contributed by atoms with Gasteiger partial charge in [-0.2, -0.15) is 0 Å². The number of carbonyl (C=O) groups excluding carboxylic acids is 1. The normalized spacial score (nSPS) is 20.4. The van der Waals surface area contributed by atoms with E-state index in [4.69, 9.17) is 10.8 Å². The van der Waals surface area contributed by atoms with Crippen molar-refractivity contribution in [3.63, 3.8) is 0 Å². The molecule has 1 aliphatic heterocycles. The molecular formula is C8H15N3O3. The van der Waals surface area contributed by atoms with Gasteiger partial charge in [-0.25, -0.2) is 0 Å². The summed E-state index contributed by atoms with van der Waals surface area (Å²) in [5.41, 5.74) is 5.35. The number of carbonyl (C=O) groups is 2. The molecule has 4 N–H and O–H groups in total. The molecule has 1 saturated heterocycles. The minimum absolute atomic E-state index is 0.0355. The number of hydrogen-bond donors (Lipinski definition) is 3. The predicted octanol–water partition coefficient (Wildman–Crippen LogP) is -1.78. The molecule has 80 valence electrons. The van der Waals surface area contributed by atoms with Gasteiger partial charge in [0.2, 0.25) is 5.91 Å². The third-order valence-corrected chi connectivity index (χ3v) is 2.16. The smallest absolute Gasteiger partial charge is 0.322 e. The topological polar surface area (TPSA) is 95.7 Å². The summed E-state index contributed by atoms with van der Waals surface area (Å²) >= 11 is 0. The van der Waals surface area contributed by atoms with Gasteiger partial charge in [0.25, 0.3) is 0 Å². The molecule has 1 fully saturated rings. The van der Waals surface area contributed by atoms with Gasteiger partial charge in [-0.15, -0.1) is 0 Å². The van der Waals surface area contributed by atoms with Crippen LogP contribution in [0.3, 0.4) is 0 Å². The third-order valence-electron chi connectivity index (χ3n) is 2.16. The van der Waals surface area contributed by atoms with E-state index in [1.807, 2.05) is 0 Å². The Labute approximate surface area is 82.1 Å². The number of nitrogens with two attached hydrogens (primary N) is 1. The molecule has 0 aromatic carbocycles. The van der Waals surface area contributed by atoms with Gasteiger partial charge < -0.3 is 21.1 Å². The van der Waals surface area contributed by atoms with E-state index in [0.29, 0.717) is 26.1 Å². The number of amides is 1. The summed E-state index contributed by atoms with van der Waals surface area (Å²) in [5.74, 6) is -1.11. The van der Waals surface area contributed by atoms with Gasteiger partial charge in [0, 0.05) is 32.6 Å². The van der Waals surface area contributed by atoms with Crippen molar-refractivity contribution >= 4 is 11.9 Å². The van der Waals surface area contributed by atoms with Crippen LogP contribution >= 0.6 is 0 Å². The molecule has 0 aliphatic carbocycles. The van der Waals surface area contributed by atoms with Crippen LogP contribution in [0.1, 0.15) is 6.42 Å². The van der Waals surface area contributed by atoms with E-state index in [1.54, 1.807) is 0 Å². The van der Waals surface area contributed by atoms with E-state index >= 15 is 0 Å². The molecule has 6 heteroatoms. The maximum absolute atomic E-state index is 11.4. The Kier molecular flexibility index (Phi) is 3.84. The maximum Gasteiger partial charge on any atom is 0.322 e. The van der Waals surface area contributed by atoms with Crippen LogP contribution in [0.4, 0.5) is 0 Å². The first kappa shape index (κ1) is 10.9. The fraction of sp³-hybridized carbons (Fsp3) is 0.750. The van der Waals surface area contributed by atoms with Crippen molar-refractivity contribution < 1.29 is 14.7 Å². The van der Waals surface area contributed by atoms with E-state index in [-0.39, 0.29) is 12.5 Å². The van der Waals surface area contributed by atoms with Crippen LogP contribution in [0.25, 0.3) is 0 Å². The number of carboxylic acid groups (broad SMARTS) is 1. The molecule has 1 unspecified atom stereocenters. The second kappa shape index (κ2) is 4.92. The minimum atomic E-state index is -1.07. The highest BCUT2D eigenvalue weighted by Gasteiger charge is 2.21. The van der Waals surface area contributed by atoms with Gasteiger partial charge in [-0.3, -0.25) is 9.59 Å². The van der Waals surface area contributed by atoms with Crippen molar-refractivity contribution in [2.75, 3.05) is 26.2 Å². The Bertz CT molecular complexity index is 232. The molecule has 0 bridgehead atoms. The fourth-order valence-electron chi connectivity index (χ4n) is 1.33. The highest BCUT2D eigenvalue weighted by molar-refractivity contribution is 5.78. The fourth-order valence-corrected chi connectivity index (χ4v) is 1.33. The zero-order valence-electron chi connectivity index (χ0n) is 7.90. The molecule has 14 heavy (non-hydrogen) atoms. The number of rotatable bonds is 3. The van der Waals surface area contributed by atoms with Crippen molar-refractivity contribution in [2.45, 2.75) is 12.5 Å². The van der Waals surface area contributed by atoms with E-state index in [9.17, 15) is 9.59 Å².